The molecule has 3 aromatic rings. The molecule has 0 aliphatic carbocycles. The molecule has 1 unspecified atom stereocenters. The van der Waals surface area contributed by atoms with Crippen LogP contribution in [0.25, 0.3) is 10.9 Å². The Labute approximate surface area is 175 Å². The number of ketones is 1. The maximum Gasteiger partial charge on any atom is 0.276 e. The van der Waals surface area contributed by atoms with E-state index in [0.717, 1.165) is 10.9 Å². The summed E-state index contributed by atoms with van der Waals surface area (Å²) in [6.45, 7) is 0. The van der Waals surface area contributed by atoms with Gasteiger partial charge in [-0.2, -0.15) is 5.10 Å². The second-order valence-electron chi connectivity index (χ2n) is 6.78. The van der Waals surface area contributed by atoms with Crippen LogP contribution in [0.4, 0.5) is 10.1 Å². The van der Waals surface area contributed by atoms with Gasteiger partial charge in [-0.3, -0.25) is 24.8 Å². The maximum atomic E-state index is 13.2. The standard InChI is InChI=1S/C21H16FN5O2S/c22-13-5-7-14(8-6-13)26-9-10-27-19(20(26)29)24-25-21(27)30-12-18(28)16-11-23-17-4-2-1-3-15(16)17/h1-11,19,23-24H,12H2. The van der Waals surface area contributed by atoms with E-state index in [2.05, 4.69) is 15.5 Å². The smallest absolute Gasteiger partial charge is 0.276 e. The van der Waals surface area contributed by atoms with Gasteiger partial charge in [0, 0.05) is 40.8 Å². The number of anilines is 1. The van der Waals surface area contributed by atoms with Crippen LogP contribution in [0, 0.1) is 5.82 Å². The molecule has 2 aromatic carbocycles. The molecule has 30 heavy (non-hydrogen) atoms. The summed E-state index contributed by atoms with van der Waals surface area (Å²) in [4.78, 5) is 31.8. The predicted octanol–water partition coefficient (Wildman–Crippen LogP) is 3.24. The average molecular weight is 421 g/mol. The largest absolute Gasteiger partial charge is 0.360 e. The normalized spacial score (nSPS) is 17.8. The monoisotopic (exact) mass is 421 g/mol. The quantitative estimate of drug-likeness (QED) is 0.632. The molecule has 3 heterocycles. The first-order chi connectivity index (χ1) is 14.6. The molecule has 2 aliphatic rings. The highest BCUT2D eigenvalue weighted by Gasteiger charge is 2.38. The van der Waals surface area contributed by atoms with Crippen molar-refractivity contribution in [2.45, 2.75) is 6.17 Å². The molecular formula is C21H16FN5O2S. The molecule has 1 atom stereocenters. The summed E-state index contributed by atoms with van der Waals surface area (Å²) in [6, 6.07) is 13.3. The van der Waals surface area contributed by atoms with Crippen LogP contribution in [0.5, 0.6) is 0 Å². The Morgan fingerprint density at radius 2 is 1.93 bits per heavy atom. The lowest BCUT2D eigenvalue weighted by molar-refractivity contribution is -0.122. The number of H-pyrrole nitrogens is 1. The van der Waals surface area contributed by atoms with Crippen molar-refractivity contribution in [3.8, 4) is 0 Å². The molecule has 1 aromatic heterocycles. The number of carbonyl (C=O) groups excluding carboxylic acids is 2. The van der Waals surface area contributed by atoms with Crippen molar-refractivity contribution >= 4 is 45.2 Å². The number of fused-ring (bicyclic) bond motifs is 2. The van der Waals surface area contributed by atoms with E-state index < -0.39 is 6.17 Å². The van der Waals surface area contributed by atoms with Gasteiger partial charge in [0.1, 0.15) is 5.82 Å². The Morgan fingerprint density at radius 3 is 2.77 bits per heavy atom. The van der Waals surface area contributed by atoms with Gasteiger partial charge in [-0.15, -0.1) is 0 Å². The molecule has 0 spiro atoms. The second-order valence-corrected chi connectivity index (χ2v) is 7.72. The number of thioether (sulfide) groups is 1. The fourth-order valence-electron chi connectivity index (χ4n) is 3.45. The molecule has 0 bridgehead atoms. The minimum absolute atomic E-state index is 0.0242. The number of aromatic nitrogens is 1. The average Bonchev–Trinajstić information content (AvgIpc) is 3.38. The summed E-state index contributed by atoms with van der Waals surface area (Å²) in [5.41, 5.74) is 4.93. The van der Waals surface area contributed by atoms with Crippen LogP contribution in [0.3, 0.4) is 0 Å². The number of Topliss-reactive ketones (excluding diaryl/α,β-unsaturated/α-hetero) is 1. The van der Waals surface area contributed by atoms with E-state index >= 15 is 0 Å². The molecule has 5 rings (SSSR count). The molecule has 150 valence electrons. The van der Waals surface area contributed by atoms with Crippen LogP contribution in [0.15, 0.2) is 72.2 Å². The molecule has 0 saturated carbocycles. The van der Waals surface area contributed by atoms with Crippen LogP contribution < -0.4 is 10.3 Å². The van der Waals surface area contributed by atoms with E-state index in [4.69, 9.17) is 0 Å². The Balaban J connectivity index is 1.28. The van der Waals surface area contributed by atoms with Crippen molar-refractivity contribution in [3.05, 3.63) is 78.5 Å². The highest BCUT2D eigenvalue weighted by atomic mass is 32.2. The van der Waals surface area contributed by atoms with Crippen LogP contribution >= 0.6 is 11.8 Å². The summed E-state index contributed by atoms with van der Waals surface area (Å²) in [5, 5.41) is 5.65. The molecule has 2 N–H and O–H groups in total. The van der Waals surface area contributed by atoms with Gasteiger partial charge in [0.25, 0.3) is 5.91 Å². The first-order valence-electron chi connectivity index (χ1n) is 9.22. The van der Waals surface area contributed by atoms with Crippen LogP contribution in [0.2, 0.25) is 0 Å². The third-order valence-corrected chi connectivity index (χ3v) is 5.92. The minimum Gasteiger partial charge on any atom is -0.360 e. The highest BCUT2D eigenvalue weighted by molar-refractivity contribution is 8.14. The molecular weight excluding hydrogens is 405 g/mol. The van der Waals surface area contributed by atoms with Crippen LogP contribution in [0.1, 0.15) is 10.4 Å². The molecule has 0 fully saturated rings. The van der Waals surface area contributed by atoms with Gasteiger partial charge < -0.3 is 4.98 Å². The van der Waals surface area contributed by atoms with Crippen molar-refractivity contribution < 1.29 is 14.0 Å². The van der Waals surface area contributed by atoms with Gasteiger partial charge in [0.05, 0.1) is 5.75 Å². The van der Waals surface area contributed by atoms with Crippen molar-refractivity contribution in [2.75, 3.05) is 10.7 Å². The van der Waals surface area contributed by atoms with Crippen molar-refractivity contribution in [2.24, 2.45) is 5.10 Å². The van der Waals surface area contributed by atoms with Gasteiger partial charge in [-0.25, -0.2) is 4.39 Å². The first-order valence-corrected chi connectivity index (χ1v) is 10.2. The molecule has 1 amide bonds. The van der Waals surface area contributed by atoms with Crippen LogP contribution in [-0.2, 0) is 4.79 Å². The summed E-state index contributed by atoms with van der Waals surface area (Å²) in [5.74, 6) is -0.445. The molecule has 0 radical (unpaired) electrons. The number of hydrogen-bond donors (Lipinski definition) is 2. The lowest BCUT2D eigenvalue weighted by atomic mass is 10.1. The second kappa shape index (κ2) is 7.34. The predicted molar refractivity (Wildman–Crippen MR) is 114 cm³/mol. The number of para-hydroxylation sites is 1. The number of hydrogen-bond acceptors (Lipinski definition) is 6. The zero-order valence-electron chi connectivity index (χ0n) is 15.6. The minimum atomic E-state index is -0.703. The van der Waals surface area contributed by atoms with Crippen molar-refractivity contribution in [3.63, 3.8) is 0 Å². The fraction of sp³-hybridized carbons (Fsp3) is 0.0952. The van der Waals surface area contributed by atoms with E-state index in [1.165, 1.54) is 28.8 Å². The molecule has 9 heteroatoms. The highest BCUT2D eigenvalue weighted by Crippen LogP contribution is 2.27. The summed E-state index contributed by atoms with van der Waals surface area (Å²) >= 11 is 1.26. The van der Waals surface area contributed by atoms with E-state index in [-0.39, 0.29) is 23.3 Å². The number of hydrazone groups is 1. The van der Waals surface area contributed by atoms with Crippen molar-refractivity contribution in [1.82, 2.24) is 15.3 Å². The first kappa shape index (κ1) is 18.4. The summed E-state index contributed by atoms with van der Waals surface area (Å²) < 4.78 is 13.2. The number of aromatic amines is 1. The number of nitrogens with zero attached hydrogens (tertiary/aromatic N) is 3. The zero-order chi connectivity index (χ0) is 20.7. The zero-order valence-corrected chi connectivity index (χ0v) is 16.4. The van der Waals surface area contributed by atoms with Crippen molar-refractivity contribution in [1.29, 1.82) is 0 Å². The Morgan fingerprint density at radius 1 is 1.13 bits per heavy atom. The Hall–Kier alpha value is -3.59. The summed E-state index contributed by atoms with van der Waals surface area (Å²) in [6.07, 6.45) is 4.34. The van der Waals surface area contributed by atoms with Gasteiger partial charge in [0.15, 0.2) is 11.0 Å². The maximum absolute atomic E-state index is 13.2. The van der Waals surface area contributed by atoms with Gasteiger partial charge in [0.2, 0.25) is 6.17 Å². The van der Waals surface area contributed by atoms with Gasteiger partial charge in [-0.05, 0) is 30.3 Å². The third-order valence-electron chi connectivity index (χ3n) is 4.96. The lowest BCUT2D eigenvalue weighted by Gasteiger charge is -2.31. The lowest BCUT2D eigenvalue weighted by Crippen LogP contribution is -2.52. The van der Waals surface area contributed by atoms with Gasteiger partial charge in [-0.1, -0.05) is 30.0 Å². The number of rotatable bonds is 4. The van der Waals surface area contributed by atoms with E-state index in [9.17, 15) is 14.0 Å². The number of amides is 1. The number of nitrogens with one attached hydrogen (secondary N) is 2. The Bertz CT molecular complexity index is 1200. The SMILES string of the molecule is O=C(CSC1=NNC2C(=O)N(c3ccc(F)cc3)C=CN12)c1c[nH]c2ccccc12. The van der Waals surface area contributed by atoms with E-state index in [1.54, 1.807) is 35.6 Å². The number of amidine groups is 1. The number of halogens is 1. The summed E-state index contributed by atoms with van der Waals surface area (Å²) in [7, 11) is 0. The number of carbonyl (C=O) groups is 2. The molecule has 2 aliphatic heterocycles. The number of benzene rings is 2. The molecule has 0 saturated heterocycles. The van der Waals surface area contributed by atoms with E-state index in [0.29, 0.717) is 16.4 Å². The third kappa shape index (κ3) is 3.13. The van der Waals surface area contributed by atoms with Crippen LogP contribution in [-0.4, -0.2) is 38.7 Å². The van der Waals surface area contributed by atoms with Gasteiger partial charge >= 0.3 is 0 Å². The van der Waals surface area contributed by atoms with E-state index in [1.807, 2.05) is 24.3 Å². The Kier molecular flexibility index (Phi) is 4.51. The molecule has 7 nitrogen and oxygen atoms in total. The topological polar surface area (TPSA) is 80.8 Å². The fourth-order valence-corrected chi connectivity index (χ4v) is 4.29.